The van der Waals surface area contributed by atoms with Crippen molar-refractivity contribution in [2.75, 3.05) is 5.33 Å². The second-order valence-corrected chi connectivity index (χ2v) is 4.17. The maximum Gasteiger partial charge on any atom is 0.263 e. The van der Waals surface area contributed by atoms with Crippen molar-refractivity contribution in [3.8, 4) is 0 Å². The second-order valence-electron chi connectivity index (χ2n) is 2.94. The molecule has 0 N–H and O–H groups in total. The van der Waals surface area contributed by atoms with Crippen LogP contribution in [0.5, 0.6) is 0 Å². The summed E-state index contributed by atoms with van der Waals surface area (Å²) in [5.41, 5.74) is 0.0117. The number of benzene rings is 1. The lowest BCUT2D eigenvalue weighted by Crippen LogP contribution is -2.01. The van der Waals surface area contributed by atoms with Crippen molar-refractivity contribution in [3.63, 3.8) is 0 Å². The zero-order chi connectivity index (χ0) is 11.4. The lowest BCUT2D eigenvalue weighted by molar-refractivity contribution is 0.0989. The van der Waals surface area contributed by atoms with E-state index < -0.39 is 6.43 Å². The summed E-state index contributed by atoms with van der Waals surface area (Å²) in [4.78, 5) is 11.4. The lowest BCUT2D eigenvalue weighted by atomic mass is 10.1. The van der Waals surface area contributed by atoms with Crippen LogP contribution in [0.25, 0.3) is 0 Å². The van der Waals surface area contributed by atoms with Crippen LogP contribution in [0.3, 0.4) is 0 Å². The van der Waals surface area contributed by atoms with Gasteiger partial charge in [-0.3, -0.25) is 4.79 Å². The van der Waals surface area contributed by atoms with E-state index in [0.29, 0.717) is 5.33 Å². The summed E-state index contributed by atoms with van der Waals surface area (Å²) in [6.07, 6.45) is -2.34. The molecular formula is C10H8BrClF2O. The Bertz CT molecular complexity index is 368. The predicted molar refractivity (Wildman–Crippen MR) is 59.2 cm³/mol. The third-order valence-electron chi connectivity index (χ3n) is 1.82. The highest BCUT2D eigenvalue weighted by Gasteiger charge is 2.12. The summed E-state index contributed by atoms with van der Waals surface area (Å²) in [7, 11) is 0. The Kier molecular flexibility index (Phi) is 4.67. The minimum absolute atomic E-state index is 0.158. The van der Waals surface area contributed by atoms with E-state index in [1.54, 1.807) is 0 Å². The van der Waals surface area contributed by atoms with E-state index in [1.165, 1.54) is 12.1 Å². The molecule has 0 aliphatic carbocycles. The Labute approximate surface area is 99.6 Å². The first-order valence-corrected chi connectivity index (χ1v) is 5.72. The molecule has 1 aromatic carbocycles. The largest absolute Gasteiger partial charge is 0.294 e. The SMILES string of the molecule is O=C(CCBr)c1cc(Cl)cc(C(F)F)c1. The highest BCUT2D eigenvalue weighted by molar-refractivity contribution is 9.09. The second kappa shape index (κ2) is 5.56. The van der Waals surface area contributed by atoms with Crippen molar-refractivity contribution >= 4 is 33.3 Å². The molecule has 0 spiro atoms. The van der Waals surface area contributed by atoms with E-state index in [1.807, 2.05) is 0 Å². The molecule has 0 aliphatic heterocycles. The number of hydrogen-bond donors (Lipinski definition) is 0. The van der Waals surface area contributed by atoms with Crippen LogP contribution < -0.4 is 0 Å². The Balaban J connectivity index is 3.03. The van der Waals surface area contributed by atoms with Gasteiger partial charge in [0.1, 0.15) is 0 Å². The number of ketones is 1. The van der Waals surface area contributed by atoms with E-state index in [9.17, 15) is 13.6 Å². The number of alkyl halides is 3. The van der Waals surface area contributed by atoms with Crippen LogP contribution in [0, 0.1) is 0 Å². The Morgan fingerprint density at radius 1 is 1.40 bits per heavy atom. The van der Waals surface area contributed by atoms with Gasteiger partial charge in [-0.25, -0.2) is 8.78 Å². The fourth-order valence-corrected chi connectivity index (χ4v) is 1.73. The summed E-state index contributed by atoms with van der Waals surface area (Å²) in [6, 6.07) is 3.75. The quantitative estimate of drug-likeness (QED) is 0.600. The van der Waals surface area contributed by atoms with E-state index >= 15 is 0 Å². The van der Waals surface area contributed by atoms with Gasteiger partial charge in [0.05, 0.1) is 0 Å². The smallest absolute Gasteiger partial charge is 0.263 e. The summed E-state index contributed by atoms with van der Waals surface area (Å²) in [6.45, 7) is 0. The van der Waals surface area contributed by atoms with E-state index in [2.05, 4.69) is 15.9 Å². The average Bonchev–Trinajstić information content (AvgIpc) is 2.17. The van der Waals surface area contributed by atoms with Crippen LogP contribution in [0.15, 0.2) is 18.2 Å². The number of Topliss-reactive ketones (excluding diaryl/α,β-unsaturated/α-hetero) is 1. The Hall–Kier alpha value is -0.480. The van der Waals surface area contributed by atoms with Gasteiger partial charge in [-0.2, -0.15) is 0 Å². The minimum atomic E-state index is -2.61. The molecule has 0 saturated carbocycles. The molecule has 0 unspecified atom stereocenters. The molecule has 5 heteroatoms. The van der Waals surface area contributed by atoms with Crippen molar-refractivity contribution in [3.05, 3.63) is 34.3 Å². The van der Waals surface area contributed by atoms with Gasteiger partial charge in [-0.1, -0.05) is 27.5 Å². The molecule has 0 aromatic heterocycles. The summed E-state index contributed by atoms with van der Waals surface area (Å²) >= 11 is 8.75. The van der Waals surface area contributed by atoms with Gasteiger partial charge in [0.25, 0.3) is 6.43 Å². The van der Waals surface area contributed by atoms with Gasteiger partial charge >= 0.3 is 0 Å². The number of carbonyl (C=O) groups is 1. The molecule has 0 fully saturated rings. The Morgan fingerprint density at radius 2 is 2.07 bits per heavy atom. The van der Waals surface area contributed by atoms with Crippen molar-refractivity contribution in [2.45, 2.75) is 12.8 Å². The van der Waals surface area contributed by atoms with Crippen LogP contribution in [0.1, 0.15) is 28.8 Å². The fourth-order valence-electron chi connectivity index (χ4n) is 1.13. The summed E-state index contributed by atoms with van der Waals surface area (Å²) in [5, 5.41) is 0.660. The van der Waals surface area contributed by atoms with Crippen LogP contribution in [0.4, 0.5) is 8.78 Å². The van der Waals surface area contributed by atoms with E-state index in [0.717, 1.165) is 6.07 Å². The third-order valence-corrected chi connectivity index (χ3v) is 2.43. The predicted octanol–water partition coefficient (Wildman–Crippen LogP) is 4.25. The van der Waals surface area contributed by atoms with E-state index in [-0.39, 0.29) is 28.4 Å². The first-order chi connectivity index (χ1) is 7.04. The van der Waals surface area contributed by atoms with Gasteiger partial charge in [-0.05, 0) is 18.2 Å². The lowest BCUT2D eigenvalue weighted by Gasteiger charge is -2.04. The fraction of sp³-hybridized carbons (Fsp3) is 0.300. The Morgan fingerprint density at radius 3 is 2.60 bits per heavy atom. The number of carbonyl (C=O) groups excluding carboxylic acids is 1. The molecule has 0 radical (unpaired) electrons. The highest BCUT2D eigenvalue weighted by Crippen LogP contribution is 2.24. The topological polar surface area (TPSA) is 17.1 Å². The normalized spacial score (nSPS) is 10.7. The maximum absolute atomic E-state index is 12.4. The molecule has 1 nitrogen and oxygen atoms in total. The summed E-state index contributed by atoms with van der Waals surface area (Å²) < 4.78 is 24.8. The van der Waals surface area contributed by atoms with Gasteiger partial charge in [0.2, 0.25) is 0 Å². The van der Waals surface area contributed by atoms with Crippen molar-refractivity contribution in [2.24, 2.45) is 0 Å². The van der Waals surface area contributed by atoms with Gasteiger partial charge in [-0.15, -0.1) is 0 Å². The molecule has 15 heavy (non-hydrogen) atoms. The first-order valence-electron chi connectivity index (χ1n) is 4.22. The number of halogens is 4. The molecule has 0 heterocycles. The molecule has 0 atom stereocenters. The minimum Gasteiger partial charge on any atom is -0.294 e. The van der Waals surface area contributed by atoms with E-state index in [4.69, 9.17) is 11.6 Å². The average molecular weight is 298 g/mol. The van der Waals surface area contributed by atoms with Gasteiger partial charge in [0, 0.05) is 27.9 Å². The van der Waals surface area contributed by atoms with Crippen molar-refractivity contribution in [1.29, 1.82) is 0 Å². The monoisotopic (exact) mass is 296 g/mol. The number of rotatable bonds is 4. The van der Waals surface area contributed by atoms with Crippen LogP contribution in [-0.4, -0.2) is 11.1 Å². The van der Waals surface area contributed by atoms with Crippen LogP contribution in [-0.2, 0) is 0 Å². The van der Waals surface area contributed by atoms with Gasteiger partial charge in [0.15, 0.2) is 5.78 Å². The zero-order valence-corrected chi connectivity index (χ0v) is 9.99. The molecule has 0 amide bonds. The van der Waals surface area contributed by atoms with Crippen LogP contribution in [0.2, 0.25) is 5.02 Å². The third kappa shape index (κ3) is 3.54. The standard InChI is InChI=1S/C10H8BrClF2O/c11-2-1-9(15)6-3-7(10(13)14)5-8(12)4-6/h3-5,10H,1-2H2. The molecular weight excluding hydrogens is 289 g/mol. The molecule has 1 rings (SSSR count). The first kappa shape index (κ1) is 12.6. The number of hydrogen-bond acceptors (Lipinski definition) is 1. The molecule has 0 aliphatic rings. The zero-order valence-electron chi connectivity index (χ0n) is 7.64. The molecule has 0 bridgehead atoms. The van der Waals surface area contributed by atoms with Crippen molar-refractivity contribution < 1.29 is 13.6 Å². The van der Waals surface area contributed by atoms with Crippen molar-refractivity contribution in [1.82, 2.24) is 0 Å². The van der Waals surface area contributed by atoms with Gasteiger partial charge < -0.3 is 0 Å². The van der Waals surface area contributed by atoms with Crippen LogP contribution >= 0.6 is 27.5 Å². The summed E-state index contributed by atoms with van der Waals surface area (Å²) in [5.74, 6) is -0.198. The maximum atomic E-state index is 12.4. The molecule has 1 aromatic rings. The molecule has 0 saturated heterocycles. The highest BCUT2D eigenvalue weighted by atomic mass is 79.9. The molecule has 82 valence electrons.